The van der Waals surface area contributed by atoms with Crippen LogP contribution >= 0.6 is 22.7 Å². The van der Waals surface area contributed by atoms with Crippen LogP contribution in [0.3, 0.4) is 0 Å². The molecule has 1 N–H and O–H groups in total. The molecule has 0 atom stereocenters. The minimum absolute atomic E-state index is 0.0833. The van der Waals surface area contributed by atoms with Crippen LogP contribution in [-0.4, -0.2) is 18.0 Å². The fourth-order valence-electron chi connectivity index (χ4n) is 2.39. The first-order valence-electron chi connectivity index (χ1n) is 7.54. The van der Waals surface area contributed by atoms with E-state index >= 15 is 0 Å². The number of aryl methyl sites for hydroxylation is 1. The number of benzene rings is 1. The van der Waals surface area contributed by atoms with Crippen molar-refractivity contribution in [3.8, 4) is 9.88 Å². The molecule has 0 spiro atoms. The summed E-state index contributed by atoms with van der Waals surface area (Å²) in [6, 6.07) is 12.0. The predicted octanol–water partition coefficient (Wildman–Crippen LogP) is 4.26. The second-order valence-corrected chi connectivity index (χ2v) is 7.24. The van der Waals surface area contributed by atoms with Crippen molar-refractivity contribution in [3.05, 3.63) is 63.5 Å². The van der Waals surface area contributed by atoms with Crippen molar-refractivity contribution in [1.29, 1.82) is 0 Å². The maximum absolute atomic E-state index is 12.5. The number of aromatic nitrogens is 1. The van der Waals surface area contributed by atoms with Gasteiger partial charge in [-0.05, 0) is 29.5 Å². The Morgan fingerprint density at radius 1 is 1.21 bits per heavy atom. The first kappa shape index (κ1) is 16.8. The molecule has 0 aliphatic rings. The summed E-state index contributed by atoms with van der Waals surface area (Å²) in [7, 11) is 1.67. The number of hydrogen-bond acceptors (Lipinski definition) is 5. The molecule has 3 rings (SSSR count). The van der Waals surface area contributed by atoms with Gasteiger partial charge in [0.2, 0.25) is 0 Å². The number of nitrogens with zero attached hydrogens (tertiary/aromatic N) is 1. The molecule has 0 unspecified atom stereocenters. The summed E-state index contributed by atoms with van der Waals surface area (Å²) in [5.41, 5.74) is 2.92. The standard InChI is InChI=1S/C18H18N2O2S2/c1-12-16(24-18(20-12)15-8-5-9-23-15)17(21)19-10-13-6-3-4-7-14(13)11-22-2/h3-9H,10-11H2,1-2H3,(H,19,21). The van der Waals surface area contributed by atoms with Crippen LogP contribution in [0.25, 0.3) is 9.88 Å². The Kier molecular flexibility index (Phi) is 5.40. The topological polar surface area (TPSA) is 51.2 Å². The minimum Gasteiger partial charge on any atom is -0.380 e. The van der Waals surface area contributed by atoms with Gasteiger partial charge >= 0.3 is 0 Å². The Labute approximate surface area is 149 Å². The van der Waals surface area contributed by atoms with Crippen molar-refractivity contribution in [1.82, 2.24) is 10.3 Å². The lowest BCUT2D eigenvalue weighted by Gasteiger charge is -2.09. The van der Waals surface area contributed by atoms with E-state index in [1.165, 1.54) is 11.3 Å². The van der Waals surface area contributed by atoms with Gasteiger partial charge < -0.3 is 10.1 Å². The van der Waals surface area contributed by atoms with Crippen LogP contribution in [-0.2, 0) is 17.9 Å². The Morgan fingerprint density at radius 2 is 2.00 bits per heavy atom. The zero-order valence-electron chi connectivity index (χ0n) is 13.5. The second-order valence-electron chi connectivity index (χ2n) is 5.30. The summed E-state index contributed by atoms with van der Waals surface area (Å²) < 4.78 is 5.20. The fourth-order valence-corrected chi connectivity index (χ4v) is 4.17. The van der Waals surface area contributed by atoms with Crippen molar-refractivity contribution in [2.24, 2.45) is 0 Å². The van der Waals surface area contributed by atoms with E-state index in [0.717, 1.165) is 26.7 Å². The predicted molar refractivity (Wildman–Crippen MR) is 98.5 cm³/mol. The number of ether oxygens (including phenoxy) is 1. The van der Waals surface area contributed by atoms with Crippen molar-refractivity contribution in [2.75, 3.05) is 7.11 Å². The smallest absolute Gasteiger partial charge is 0.263 e. The lowest BCUT2D eigenvalue weighted by Crippen LogP contribution is -2.23. The Hall–Kier alpha value is -2.02. The zero-order chi connectivity index (χ0) is 16.9. The summed E-state index contributed by atoms with van der Waals surface area (Å²) in [6.07, 6.45) is 0. The molecular weight excluding hydrogens is 340 g/mol. The van der Waals surface area contributed by atoms with Gasteiger partial charge in [-0.25, -0.2) is 4.98 Å². The quantitative estimate of drug-likeness (QED) is 0.716. The molecule has 2 aromatic heterocycles. The van der Waals surface area contributed by atoms with Gasteiger partial charge in [0.05, 0.1) is 17.2 Å². The van der Waals surface area contributed by atoms with Crippen molar-refractivity contribution in [3.63, 3.8) is 0 Å². The van der Waals surface area contributed by atoms with E-state index in [0.29, 0.717) is 18.0 Å². The van der Waals surface area contributed by atoms with Crippen LogP contribution in [0.1, 0.15) is 26.5 Å². The van der Waals surface area contributed by atoms with Crippen LogP contribution < -0.4 is 5.32 Å². The maximum Gasteiger partial charge on any atom is 0.263 e. The highest BCUT2D eigenvalue weighted by Crippen LogP contribution is 2.31. The minimum atomic E-state index is -0.0833. The van der Waals surface area contributed by atoms with Gasteiger partial charge in [0.1, 0.15) is 9.88 Å². The van der Waals surface area contributed by atoms with Crippen molar-refractivity contribution < 1.29 is 9.53 Å². The van der Waals surface area contributed by atoms with E-state index in [1.807, 2.05) is 48.7 Å². The Balaban J connectivity index is 1.72. The summed E-state index contributed by atoms with van der Waals surface area (Å²) in [5.74, 6) is -0.0833. The largest absolute Gasteiger partial charge is 0.380 e. The summed E-state index contributed by atoms with van der Waals surface area (Å²) in [4.78, 5) is 18.8. The van der Waals surface area contributed by atoms with Gasteiger partial charge in [-0.15, -0.1) is 22.7 Å². The molecular formula is C18H18N2O2S2. The molecule has 24 heavy (non-hydrogen) atoms. The maximum atomic E-state index is 12.5. The van der Waals surface area contributed by atoms with E-state index in [2.05, 4.69) is 10.3 Å². The van der Waals surface area contributed by atoms with Gasteiger partial charge in [-0.2, -0.15) is 0 Å². The van der Waals surface area contributed by atoms with E-state index < -0.39 is 0 Å². The summed E-state index contributed by atoms with van der Waals surface area (Å²) in [5, 5.41) is 5.90. The van der Waals surface area contributed by atoms with E-state index in [4.69, 9.17) is 4.74 Å². The lowest BCUT2D eigenvalue weighted by atomic mass is 10.1. The molecule has 1 amide bonds. The van der Waals surface area contributed by atoms with Crippen LogP contribution in [0.2, 0.25) is 0 Å². The number of carbonyl (C=O) groups excluding carboxylic acids is 1. The molecule has 124 valence electrons. The molecule has 4 nitrogen and oxygen atoms in total. The molecule has 2 heterocycles. The van der Waals surface area contributed by atoms with Crippen LogP contribution in [0, 0.1) is 6.92 Å². The SMILES string of the molecule is COCc1ccccc1CNC(=O)c1sc(-c2cccs2)nc1C. The molecule has 1 aromatic carbocycles. The molecule has 0 saturated heterocycles. The summed E-state index contributed by atoms with van der Waals surface area (Å²) >= 11 is 3.07. The average molecular weight is 358 g/mol. The first-order valence-corrected chi connectivity index (χ1v) is 9.24. The van der Waals surface area contributed by atoms with Crippen LogP contribution in [0.5, 0.6) is 0 Å². The Bertz CT molecular complexity index is 825. The van der Waals surface area contributed by atoms with E-state index in [1.54, 1.807) is 18.4 Å². The third kappa shape index (κ3) is 3.72. The van der Waals surface area contributed by atoms with Crippen LogP contribution in [0.4, 0.5) is 0 Å². The number of rotatable bonds is 6. The number of amides is 1. The number of methoxy groups -OCH3 is 1. The molecule has 0 saturated carbocycles. The zero-order valence-corrected chi connectivity index (χ0v) is 15.2. The van der Waals surface area contributed by atoms with Gasteiger partial charge in [0.15, 0.2) is 0 Å². The van der Waals surface area contributed by atoms with Crippen molar-refractivity contribution >= 4 is 28.6 Å². The average Bonchev–Trinajstić information content (AvgIpc) is 3.23. The lowest BCUT2D eigenvalue weighted by molar-refractivity contribution is 0.0953. The number of thiophene rings is 1. The van der Waals surface area contributed by atoms with Gasteiger partial charge in [-0.3, -0.25) is 4.79 Å². The second kappa shape index (κ2) is 7.70. The third-order valence-electron chi connectivity index (χ3n) is 3.59. The normalized spacial score (nSPS) is 10.8. The molecule has 3 aromatic rings. The molecule has 0 aliphatic heterocycles. The van der Waals surface area contributed by atoms with Gasteiger partial charge in [0, 0.05) is 13.7 Å². The number of carbonyl (C=O) groups is 1. The molecule has 0 fully saturated rings. The van der Waals surface area contributed by atoms with Crippen molar-refractivity contribution in [2.45, 2.75) is 20.1 Å². The number of hydrogen-bond donors (Lipinski definition) is 1. The molecule has 0 radical (unpaired) electrons. The highest BCUT2D eigenvalue weighted by Gasteiger charge is 2.16. The fraction of sp³-hybridized carbons (Fsp3) is 0.222. The van der Waals surface area contributed by atoms with Gasteiger partial charge in [-0.1, -0.05) is 30.3 Å². The summed E-state index contributed by atoms with van der Waals surface area (Å²) in [6.45, 7) is 2.89. The number of nitrogens with one attached hydrogen (secondary N) is 1. The highest BCUT2D eigenvalue weighted by atomic mass is 32.1. The first-order chi connectivity index (χ1) is 11.7. The van der Waals surface area contributed by atoms with Gasteiger partial charge in [0.25, 0.3) is 5.91 Å². The third-order valence-corrected chi connectivity index (χ3v) is 5.79. The molecule has 0 bridgehead atoms. The Morgan fingerprint density at radius 3 is 2.71 bits per heavy atom. The monoisotopic (exact) mass is 358 g/mol. The van der Waals surface area contributed by atoms with Crippen LogP contribution in [0.15, 0.2) is 41.8 Å². The molecule has 6 heteroatoms. The van der Waals surface area contributed by atoms with E-state index in [-0.39, 0.29) is 5.91 Å². The molecule has 0 aliphatic carbocycles. The van der Waals surface area contributed by atoms with E-state index in [9.17, 15) is 4.79 Å². The number of thiazole rings is 1. The highest BCUT2D eigenvalue weighted by molar-refractivity contribution is 7.22.